The van der Waals surface area contributed by atoms with E-state index in [4.69, 9.17) is 9.47 Å². The standard InChI is InChI=1S/C11H19NO3/c1-8-6-9(10(13)15-8)12-4-5-14-11(2,3)7-12/h8-9H,4-7H2,1-3H3/t8-,9-/m0/s1. The summed E-state index contributed by atoms with van der Waals surface area (Å²) in [5.74, 6) is -0.0693. The second-order valence-electron chi connectivity index (χ2n) is 5.08. The van der Waals surface area contributed by atoms with E-state index in [2.05, 4.69) is 18.7 Å². The van der Waals surface area contributed by atoms with Gasteiger partial charge in [-0.2, -0.15) is 0 Å². The highest BCUT2D eigenvalue weighted by Gasteiger charge is 2.40. The number of carbonyl (C=O) groups excluding carboxylic acids is 1. The summed E-state index contributed by atoms with van der Waals surface area (Å²) in [4.78, 5) is 13.8. The van der Waals surface area contributed by atoms with Crippen LogP contribution in [0.25, 0.3) is 0 Å². The highest BCUT2D eigenvalue weighted by atomic mass is 16.6. The third-order valence-electron chi connectivity index (χ3n) is 3.04. The highest BCUT2D eigenvalue weighted by Crippen LogP contribution is 2.25. The van der Waals surface area contributed by atoms with Gasteiger partial charge in [-0.3, -0.25) is 9.69 Å². The van der Waals surface area contributed by atoms with Crippen molar-refractivity contribution in [1.82, 2.24) is 4.90 Å². The monoisotopic (exact) mass is 213 g/mol. The molecule has 0 spiro atoms. The van der Waals surface area contributed by atoms with Crippen LogP contribution in [0.3, 0.4) is 0 Å². The van der Waals surface area contributed by atoms with E-state index in [9.17, 15) is 4.79 Å². The topological polar surface area (TPSA) is 38.8 Å². The van der Waals surface area contributed by atoms with Gasteiger partial charge in [0.1, 0.15) is 12.1 Å². The van der Waals surface area contributed by atoms with Crippen molar-refractivity contribution in [3.05, 3.63) is 0 Å². The van der Waals surface area contributed by atoms with Gasteiger partial charge in [-0.25, -0.2) is 0 Å². The minimum Gasteiger partial charge on any atom is -0.461 e. The summed E-state index contributed by atoms with van der Waals surface area (Å²) in [5.41, 5.74) is -0.148. The van der Waals surface area contributed by atoms with E-state index in [0.29, 0.717) is 6.61 Å². The van der Waals surface area contributed by atoms with Gasteiger partial charge >= 0.3 is 5.97 Å². The fourth-order valence-corrected chi connectivity index (χ4v) is 2.35. The van der Waals surface area contributed by atoms with E-state index in [-0.39, 0.29) is 23.7 Å². The molecule has 0 aromatic rings. The summed E-state index contributed by atoms with van der Waals surface area (Å²) in [6.07, 6.45) is 0.878. The van der Waals surface area contributed by atoms with Gasteiger partial charge in [0.05, 0.1) is 12.2 Å². The number of morpholine rings is 1. The van der Waals surface area contributed by atoms with Gasteiger partial charge in [0, 0.05) is 19.5 Å². The first-order valence-electron chi connectivity index (χ1n) is 5.56. The number of cyclic esters (lactones) is 1. The quantitative estimate of drug-likeness (QED) is 0.604. The molecule has 4 heteroatoms. The Morgan fingerprint density at radius 3 is 2.73 bits per heavy atom. The third kappa shape index (κ3) is 2.32. The van der Waals surface area contributed by atoms with Crippen LogP contribution in [0.4, 0.5) is 0 Å². The van der Waals surface area contributed by atoms with E-state index >= 15 is 0 Å². The molecule has 0 aromatic carbocycles. The lowest BCUT2D eigenvalue weighted by Crippen LogP contribution is -2.53. The molecule has 86 valence electrons. The number of ether oxygens (including phenoxy) is 2. The largest absolute Gasteiger partial charge is 0.461 e. The van der Waals surface area contributed by atoms with E-state index in [1.807, 2.05) is 6.92 Å². The SMILES string of the molecule is C[C@H]1C[C@H](N2CCOC(C)(C)C2)C(=O)O1. The second kappa shape index (κ2) is 3.76. The summed E-state index contributed by atoms with van der Waals surface area (Å²) in [5, 5.41) is 0. The Bertz CT molecular complexity index is 265. The summed E-state index contributed by atoms with van der Waals surface area (Å²) < 4.78 is 10.8. The molecule has 2 fully saturated rings. The average molecular weight is 213 g/mol. The smallest absolute Gasteiger partial charge is 0.323 e. The van der Waals surface area contributed by atoms with Crippen LogP contribution in [0, 0.1) is 0 Å². The molecule has 0 unspecified atom stereocenters. The van der Waals surface area contributed by atoms with Crippen LogP contribution in [0.1, 0.15) is 27.2 Å². The number of nitrogens with zero attached hydrogens (tertiary/aromatic N) is 1. The fourth-order valence-electron chi connectivity index (χ4n) is 2.35. The Morgan fingerprint density at radius 1 is 1.47 bits per heavy atom. The molecule has 0 aromatic heterocycles. The number of rotatable bonds is 1. The van der Waals surface area contributed by atoms with Gasteiger partial charge < -0.3 is 9.47 Å². The molecule has 0 amide bonds. The third-order valence-corrected chi connectivity index (χ3v) is 3.04. The zero-order chi connectivity index (χ0) is 11.1. The molecular weight excluding hydrogens is 194 g/mol. The predicted octanol–water partition coefficient (Wildman–Crippen LogP) is 0.801. The first-order chi connectivity index (χ1) is 6.98. The molecule has 2 atom stereocenters. The highest BCUT2D eigenvalue weighted by molar-refractivity contribution is 5.78. The van der Waals surface area contributed by atoms with Crippen molar-refractivity contribution in [2.45, 2.75) is 44.9 Å². The van der Waals surface area contributed by atoms with Gasteiger partial charge in [-0.15, -0.1) is 0 Å². The fraction of sp³-hybridized carbons (Fsp3) is 0.909. The van der Waals surface area contributed by atoms with Crippen LogP contribution < -0.4 is 0 Å². The molecule has 4 nitrogen and oxygen atoms in total. The molecule has 0 aliphatic carbocycles. The minimum atomic E-state index is -0.148. The van der Waals surface area contributed by atoms with Crippen LogP contribution in [0.2, 0.25) is 0 Å². The molecule has 2 aliphatic heterocycles. The molecule has 2 heterocycles. The molecule has 0 N–H and O–H groups in total. The zero-order valence-corrected chi connectivity index (χ0v) is 9.66. The van der Waals surface area contributed by atoms with Crippen molar-refractivity contribution in [3.63, 3.8) is 0 Å². The summed E-state index contributed by atoms with van der Waals surface area (Å²) in [6, 6.07) is -0.0526. The van der Waals surface area contributed by atoms with E-state index in [1.54, 1.807) is 0 Å². The molecule has 2 saturated heterocycles. The van der Waals surface area contributed by atoms with E-state index in [1.165, 1.54) is 0 Å². The van der Waals surface area contributed by atoms with Crippen molar-refractivity contribution in [2.75, 3.05) is 19.7 Å². The Hall–Kier alpha value is -0.610. The first kappa shape index (κ1) is 10.9. The maximum Gasteiger partial charge on any atom is 0.323 e. The van der Waals surface area contributed by atoms with Gasteiger partial charge in [-0.05, 0) is 20.8 Å². The molecule has 0 radical (unpaired) electrons. The maximum absolute atomic E-state index is 11.6. The van der Waals surface area contributed by atoms with Gasteiger partial charge in [0.25, 0.3) is 0 Å². The zero-order valence-electron chi connectivity index (χ0n) is 9.66. The maximum atomic E-state index is 11.6. The number of carbonyl (C=O) groups is 1. The Morgan fingerprint density at radius 2 is 2.20 bits per heavy atom. The van der Waals surface area contributed by atoms with Crippen LogP contribution >= 0.6 is 0 Å². The number of hydrogen-bond acceptors (Lipinski definition) is 4. The van der Waals surface area contributed by atoms with Gasteiger partial charge in [0.15, 0.2) is 0 Å². The van der Waals surface area contributed by atoms with Crippen molar-refractivity contribution >= 4 is 5.97 Å². The predicted molar refractivity (Wildman–Crippen MR) is 55.6 cm³/mol. The van der Waals surface area contributed by atoms with Crippen molar-refractivity contribution < 1.29 is 14.3 Å². The van der Waals surface area contributed by atoms with E-state index < -0.39 is 0 Å². The lowest BCUT2D eigenvalue weighted by molar-refractivity contribution is -0.149. The molecular formula is C11H19NO3. The molecule has 0 bridgehead atoms. The lowest BCUT2D eigenvalue weighted by Gasteiger charge is -2.39. The number of esters is 1. The van der Waals surface area contributed by atoms with Gasteiger partial charge in [-0.1, -0.05) is 0 Å². The summed E-state index contributed by atoms with van der Waals surface area (Å²) >= 11 is 0. The van der Waals surface area contributed by atoms with Crippen LogP contribution in [0.5, 0.6) is 0 Å². The average Bonchev–Trinajstić information content (AvgIpc) is 2.43. The van der Waals surface area contributed by atoms with Crippen molar-refractivity contribution in [2.24, 2.45) is 0 Å². The normalized spacial score (nSPS) is 36.6. The van der Waals surface area contributed by atoms with Crippen LogP contribution in [0.15, 0.2) is 0 Å². The molecule has 2 aliphatic rings. The molecule has 15 heavy (non-hydrogen) atoms. The first-order valence-corrected chi connectivity index (χ1v) is 5.56. The minimum absolute atomic E-state index is 0.0526. The van der Waals surface area contributed by atoms with Gasteiger partial charge in [0.2, 0.25) is 0 Å². The number of hydrogen-bond donors (Lipinski definition) is 0. The Balaban J connectivity index is 2.01. The van der Waals surface area contributed by atoms with Crippen LogP contribution in [-0.2, 0) is 14.3 Å². The van der Waals surface area contributed by atoms with Crippen LogP contribution in [-0.4, -0.2) is 48.3 Å². The van der Waals surface area contributed by atoms with E-state index in [0.717, 1.165) is 19.5 Å². The van der Waals surface area contributed by atoms with Crippen molar-refractivity contribution in [1.29, 1.82) is 0 Å². The summed E-state index contributed by atoms with van der Waals surface area (Å²) in [6.45, 7) is 8.40. The Kier molecular flexibility index (Phi) is 2.73. The summed E-state index contributed by atoms with van der Waals surface area (Å²) in [7, 11) is 0. The Labute approximate surface area is 90.5 Å². The molecule has 0 saturated carbocycles. The second-order valence-corrected chi connectivity index (χ2v) is 5.08. The van der Waals surface area contributed by atoms with Crippen molar-refractivity contribution in [3.8, 4) is 0 Å². The lowest BCUT2D eigenvalue weighted by atomic mass is 10.0. The molecule has 2 rings (SSSR count).